The minimum absolute atomic E-state index is 0.904. The summed E-state index contributed by atoms with van der Waals surface area (Å²) in [5, 5.41) is 7.10. The van der Waals surface area contributed by atoms with Gasteiger partial charge in [0.05, 0.1) is 7.11 Å². The van der Waals surface area contributed by atoms with Crippen LogP contribution in [0.15, 0.2) is 10.2 Å². The second-order valence-corrected chi connectivity index (χ2v) is 1.16. The molecule has 0 aromatic carbocycles. The average Bonchev–Trinajstić information content (AvgIpc) is 1.81. The third kappa shape index (κ3) is 5.14. The summed E-state index contributed by atoms with van der Waals surface area (Å²) in [5.74, 6) is 0. The van der Waals surface area contributed by atoms with E-state index in [1.54, 1.807) is 6.21 Å². The summed E-state index contributed by atoms with van der Waals surface area (Å²) in [6.07, 6.45) is 3.89. The van der Waals surface area contributed by atoms with Gasteiger partial charge in [-0.15, -0.1) is 5.10 Å². The molecule has 0 heterocycles. The van der Waals surface area contributed by atoms with Gasteiger partial charge in [-0.05, 0) is 6.42 Å². The van der Waals surface area contributed by atoms with E-state index in [2.05, 4.69) is 14.9 Å². The standard InChI is InChI=1S/C5H10N2O/c1-3-4-6-7-5-8-2/h4-5H,3H2,1-2H3/b6-4-,7-5?. The van der Waals surface area contributed by atoms with E-state index in [1.807, 2.05) is 6.92 Å². The number of hydrogen-bond acceptors (Lipinski definition) is 3. The van der Waals surface area contributed by atoms with Crippen molar-refractivity contribution in [3.8, 4) is 0 Å². The van der Waals surface area contributed by atoms with Gasteiger partial charge < -0.3 is 4.74 Å². The Morgan fingerprint density at radius 1 is 1.50 bits per heavy atom. The van der Waals surface area contributed by atoms with Crippen molar-refractivity contribution in [1.82, 2.24) is 0 Å². The van der Waals surface area contributed by atoms with Gasteiger partial charge in [0.2, 0.25) is 0 Å². The second-order valence-electron chi connectivity index (χ2n) is 1.16. The Bertz CT molecular complexity index is 76.4. The van der Waals surface area contributed by atoms with E-state index in [4.69, 9.17) is 0 Å². The van der Waals surface area contributed by atoms with Gasteiger partial charge in [0.1, 0.15) is 0 Å². The largest absolute Gasteiger partial charge is 0.485 e. The molecule has 0 rings (SSSR count). The van der Waals surface area contributed by atoms with E-state index in [0.29, 0.717) is 0 Å². The molecule has 0 aliphatic carbocycles. The summed E-state index contributed by atoms with van der Waals surface area (Å²) in [6.45, 7) is 1.99. The molecule has 3 nitrogen and oxygen atoms in total. The van der Waals surface area contributed by atoms with Crippen LogP contribution in [0.2, 0.25) is 0 Å². The molecule has 0 aromatic heterocycles. The van der Waals surface area contributed by atoms with E-state index in [0.717, 1.165) is 6.42 Å². The highest BCUT2D eigenvalue weighted by molar-refractivity contribution is 5.57. The minimum Gasteiger partial charge on any atom is -0.485 e. The number of hydrogen-bond donors (Lipinski definition) is 0. The van der Waals surface area contributed by atoms with Gasteiger partial charge in [-0.25, -0.2) is 0 Å². The molecule has 0 spiro atoms. The average molecular weight is 114 g/mol. The monoisotopic (exact) mass is 114 g/mol. The van der Waals surface area contributed by atoms with Crippen molar-refractivity contribution in [1.29, 1.82) is 0 Å². The van der Waals surface area contributed by atoms with Gasteiger partial charge >= 0.3 is 0 Å². The van der Waals surface area contributed by atoms with Crippen LogP contribution >= 0.6 is 0 Å². The molecule has 0 radical (unpaired) electrons. The van der Waals surface area contributed by atoms with Crippen LogP contribution in [0.4, 0.5) is 0 Å². The smallest absolute Gasteiger partial charge is 0.194 e. The lowest BCUT2D eigenvalue weighted by atomic mass is 10.6. The Hall–Kier alpha value is -0.860. The van der Waals surface area contributed by atoms with E-state index in [1.165, 1.54) is 13.5 Å². The molecular weight excluding hydrogens is 104 g/mol. The summed E-state index contributed by atoms with van der Waals surface area (Å²) in [4.78, 5) is 0. The quantitative estimate of drug-likeness (QED) is 0.307. The zero-order valence-electron chi connectivity index (χ0n) is 5.16. The maximum atomic E-state index is 4.48. The van der Waals surface area contributed by atoms with Gasteiger partial charge in [0, 0.05) is 6.21 Å². The van der Waals surface area contributed by atoms with Gasteiger partial charge in [0.25, 0.3) is 0 Å². The predicted octanol–water partition coefficient (Wildman–Crippen LogP) is 1.06. The third-order valence-corrected chi connectivity index (χ3v) is 0.483. The summed E-state index contributed by atoms with van der Waals surface area (Å²) in [5.41, 5.74) is 0. The highest BCUT2D eigenvalue weighted by Crippen LogP contribution is 1.70. The first-order valence-electron chi connectivity index (χ1n) is 2.48. The molecule has 0 unspecified atom stereocenters. The van der Waals surface area contributed by atoms with E-state index < -0.39 is 0 Å². The fourth-order valence-electron chi connectivity index (χ4n) is 0.203. The molecule has 3 heteroatoms. The number of nitrogens with zero attached hydrogens (tertiary/aromatic N) is 2. The lowest BCUT2D eigenvalue weighted by Crippen LogP contribution is -1.73. The molecule has 46 valence electrons. The maximum absolute atomic E-state index is 4.48. The Kier molecular flexibility index (Phi) is 5.48. The highest BCUT2D eigenvalue weighted by atomic mass is 16.5. The molecule has 0 aliphatic rings. The summed E-state index contributed by atoms with van der Waals surface area (Å²) >= 11 is 0. The molecule has 0 amide bonds. The molecular formula is C5H10N2O. The fraction of sp³-hybridized carbons (Fsp3) is 0.600. The molecule has 0 N–H and O–H groups in total. The normalized spacial score (nSPS) is 11.2. The van der Waals surface area contributed by atoms with E-state index >= 15 is 0 Å². The Labute approximate surface area is 49.1 Å². The fourth-order valence-corrected chi connectivity index (χ4v) is 0.203. The number of ether oxygens (including phenoxy) is 1. The minimum atomic E-state index is 0.904. The van der Waals surface area contributed by atoms with Crippen molar-refractivity contribution in [3.05, 3.63) is 0 Å². The van der Waals surface area contributed by atoms with Crippen molar-refractivity contribution in [2.75, 3.05) is 7.11 Å². The lowest BCUT2D eigenvalue weighted by molar-refractivity contribution is 0.421. The SMILES string of the molecule is CC/C=N\N=COC. The molecule has 0 fully saturated rings. The summed E-state index contributed by atoms with van der Waals surface area (Å²) < 4.78 is 4.48. The third-order valence-electron chi connectivity index (χ3n) is 0.483. The van der Waals surface area contributed by atoms with Crippen molar-refractivity contribution in [2.24, 2.45) is 10.2 Å². The van der Waals surface area contributed by atoms with Crippen LogP contribution in [0.25, 0.3) is 0 Å². The lowest BCUT2D eigenvalue weighted by Gasteiger charge is -1.78. The Morgan fingerprint density at radius 3 is 2.75 bits per heavy atom. The number of methoxy groups -OCH3 is 1. The van der Waals surface area contributed by atoms with Crippen LogP contribution in [0.5, 0.6) is 0 Å². The highest BCUT2D eigenvalue weighted by Gasteiger charge is 1.62. The summed E-state index contributed by atoms with van der Waals surface area (Å²) in [7, 11) is 1.53. The molecule has 0 saturated heterocycles. The van der Waals surface area contributed by atoms with Crippen LogP contribution < -0.4 is 0 Å². The van der Waals surface area contributed by atoms with Crippen molar-refractivity contribution < 1.29 is 4.74 Å². The molecule has 8 heavy (non-hydrogen) atoms. The van der Waals surface area contributed by atoms with Crippen LogP contribution in [-0.2, 0) is 4.74 Å². The topological polar surface area (TPSA) is 34.0 Å². The van der Waals surface area contributed by atoms with Crippen molar-refractivity contribution in [3.63, 3.8) is 0 Å². The summed E-state index contributed by atoms with van der Waals surface area (Å²) in [6, 6.07) is 0. The van der Waals surface area contributed by atoms with E-state index in [-0.39, 0.29) is 0 Å². The number of rotatable bonds is 3. The molecule has 0 saturated carbocycles. The van der Waals surface area contributed by atoms with E-state index in [9.17, 15) is 0 Å². The molecule has 0 aromatic rings. The molecule has 0 bridgehead atoms. The van der Waals surface area contributed by atoms with Crippen LogP contribution in [0.3, 0.4) is 0 Å². The zero-order chi connectivity index (χ0) is 6.24. The predicted molar refractivity (Wildman–Crippen MR) is 34.3 cm³/mol. The van der Waals surface area contributed by atoms with Crippen molar-refractivity contribution in [2.45, 2.75) is 13.3 Å². The first-order valence-corrected chi connectivity index (χ1v) is 2.48. The van der Waals surface area contributed by atoms with Gasteiger partial charge in [-0.2, -0.15) is 5.10 Å². The molecule has 0 aliphatic heterocycles. The first-order chi connectivity index (χ1) is 3.91. The first kappa shape index (κ1) is 7.14. The zero-order valence-corrected chi connectivity index (χ0v) is 5.16. The van der Waals surface area contributed by atoms with Gasteiger partial charge in [0.15, 0.2) is 6.40 Å². The Balaban J connectivity index is 3.13. The van der Waals surface area contributed by atoms with Crippen LogP contribution in [-0.4, -0.2) is 19.7 Å². The van der Waals surface area contributed by atoms with Gasteiger partial charge in [-0.1, -0.05) is 6.92 Å². The van der Waals surface area contributed by atoms with Crippen molar-refractivity contribution >= 4 is 12.6 Å². The Morgan fingerprint density at radius 2 is 2.25 bits per heavy atom. The van der Waals surface area contributed by atoms with Crippen LogP contribution in [0, 0.1) is 0 Å². The van der Waals surface area contributed by atoms with Gasteiger partial charge in [-0.3, -0.25) is 0 Å². The maximum Gasteiger partial charge on any atom is 0.194 e. The molecule has 0 atom stereocenters. The van der Waals surface area contributed by atoms with Crippen LogP contribution in [0.1, 0.15) is 13.3 Å². The second kappa shape index (κ2) is 6.14.